The lowest BCUT2D eigenvalue weighted by Gasteiger charge is -2.11. The molecule has 0 aliphatic carbocycles. The van der Waals surface area contributed by atoms with E-state index in [-0.39, 0.29) is 5.56 Å². The number of aryl methyl sites for hydroxylation is 1. The third-order valence-electron chi connectivity index (χ3n) is 4.35. The lowest BCUT2D eigenvalue weighted by molar-refractivity contribution is 0.576. The topological polar surface area (TPSA) is 51.0 Å². The summed E-state index contributed by atoms with van der Waals surface area (Å²) in [5, 5.41) is 5.61. The van der Waals surface area contributed by atoms with Crippen molar-refractivity contribution in [3.63, 3.8) is 0 Å². The van der Waals surface area contributed by atoms with E-state index < -0.39 is 0 Å². The van der Waals surface area contributed by atoms with Gasteiger partial charge in [0.1, 0.15) is 5.69 Å². The maximum atomic E-state index is 12.8. The summed E-state index contributed by atoms with van der Waals surface area (Å²) >= 11 is 1.60. The fraction of sp³-hybridized carbons (Fsp3) is 0.389. The number of hydrogen-bond acceptors (Lipinski definition) is 5. The smallest absolute Gasteiger partial charge is 0.294 e. The Bertz CT molecular complexity index is 910. The Morgan fingerprint density at radius 2 is 1.92 bits per heavy atom. The Balaban J connectivity index is 1.95. The number of thiazole rings is 1. The molecule has 0 bridgehead atoms. The maximum Gasteiger partial charge on any atom is 0.294 e. The van der Waals surface area contributed by atoms with Crippen LogP contribution in [-0.4, -0.2) is 27.9 Å². The zero-order chi connectivity index (χ0) is 16.5. The van der Waals surface area contributed by atoms with Crippen LogP contribution in [0, 0.1) is 0 Å². The number of hydrogen-bond donors (Lipinski definition) is 0. The summed E-state index contributed by atoms with van der Waals surface area (Å²) in [6, 6.07) is 10.1. The van der Waals surface area contributed by atoms with Crippen LogP contribution in [0.5, 0.6) is 0 Å². The predicted octanol–water partition coefficient (Wildman–Crippen LogP) is 3.53. The molecule has 2 aromatic heterocycles. The second-order valence-corrected chi connectivity index (χ2v) is 7.09. The van der Waals surface area contributed by atoms with Gasteiger partial charge in [-0.15, -0.1) is 0 Å². The van der Waals surface area contributed by atoms with E-state index in [1.54, 1.807) is 16.0 Å². The van der Waals surface area contributed by atoms with Gasteiger partial charge in [0.15, 0.2) is 10.6 Å². The largest absolute Gasteiger partial charge is 0.348 e. The molecule has 0 radical (unpaired) electrons. The van der Waals surface area contributed by atoms with Gasteiger partial charge < -0.3 is 4.90 Å². The highest BCUT2D eigenvalue weighted by molar-refractivity contribution is 7.22. The van der Waals surface area contributed by atoms with Gasteiger partial charge in [-0.1, -0.05) is 48.6 Å². The van der Waals surface area contributed by atoms with Crippen molar-refractivity contribution in [2.45, 2.75) is 32.7 Å². The standard InChI is InChI=1S/C18H20N4OS/c1-2-10-22-17(23)15-16(14(20-22)13-8-4-3-5-9-13)24-18(19-15)21-11-6-7-12-21/h3-5,8-9H,2,6-7,10-12H2,1H3. The molecule has 0 saturated carbocycles. The number of nitrogens with zero attached hydrogens (tertiary/aromatic N) is 4. The Hall–Kier alpha value is -2.21. The summed E-state index contributed by atoms with van der Waals surface area (Å²) < 4.78 is 2.47. The zero-order valence-corrected chi connectivity index (χ0v) is 14.6. The van der Waals surface area contributed by atoms with Gasteiger partial charge in [-0.2, -0.15) is 5.10 Å². The molecule has 24 heavy (non-hydrogen) atoms. The van der Waals surface area contributed by atoms with Crippen LogP contribution in [0.15, 0.2) is 35.1 Å². The molecule has 1 aromatic carbocycles. The second kappa shape index (κ2) is 6.36. The van der Waals surface area contributed by atoms with Gasteiger partial charge in [0.25, 0.3) is 5.56 Å². The van der Waals surface area contributed by atoms with Crippen LogP contribution in [0.3, 0.4) is 0 Å². The zero-order valence-electron chi connectivity index (χ0n) is 13.7. The molecule has 0 spiro atoms. The lowest BCUT2D eigenvalue weighted by Crippen LogP contribution is -2.24. The van der Waals surface area contributed by atoms with Crippen molar-refractivity contribution < 1.29 is 0 Å². The van der Waals surface area contributed by atoms with Crippen molar-refractivity contribution in [1.29, 1.82) is 0 Å². The van der Waals surface area contributed by atoms with Crippen LogP contribution in [0.2, 0.25) is 0 Å². The Labute approximate surface area is 144 Å². The van der Waals surface area contributed by atoms with E-state index in [2.05, 4.69) is 16.9 Å². The molecule has 124 valence electrons. The highest BCUT2D eigenvalue weighted by atomic mass is 32.1. The Morgan fingerprint density at radius 1 is 1.17 bits per heavy atom. The molecule has 1 saturated heterocycles. The highest BCUT2D eigenvalue weighted by Crippen LogP contribution is 2.34. The van der Waals surface area contributed by atoms with E-state index in [1.165, 1.54) is 12.8 Å². The van der Waals surface area contributed by atoms with Crippen LogP contribution in [0.1, 0.15) is 26.2 Å². The van der Waals surface area contributed by atoms with Gasteiger partial charge in [-0.3, -0.25) is 4.79 Å². The third-order valence-corrected chi connectivity index (χ3v) is 5.47. The predicted molar refractivity (Wildman–Crippen MR) is 98.8 cm³/mol. The van der Waals surface area contributed by atoms with E-state index in [1.807, 2.05) is 30.3 Å². The molecule has 3 heterocycles. The van der Waals surface area contributed by atoms with Crippen molar-refractivity contribution >= 4 is 26.7 Å². The van der Waals surface area contributed by atoms with Gasteiger partial charge in [-0.25, -0.2) is 9.67 Å². The fourth-order valence-electron chi connectivity index (χ4n) is 3.14. The summed E-state index contributed by atoms with van der Waals surface area (Å²) in [5.74, 6) is 0. The van der Waals surface area contributed by atoms with E-state index in [0.29, 0.717) is 12.1 Å². The third kappa shape index (κ3) is 2.60. The Kier molecular flexibility index (Phi) is 4.06. The van der Waals surface area contributed by atoms with Crippen molar-refractivity contribution in [1.82, 2.24) is 14.8 Å². The first-order chi connectivity index (χ1) is 11.8. The molecule has 1 aliphatic rings. The van der Waals surface area contributed by atoms with Gasteiger partial charge in [-0.05, 0) is 19.3 Å². The quantitative estimate of drug-likeness (QED) is 0.729. The fourth-order valence-corrected chi connectivity index (χ4v) is 4.26. The average molecular weight is 340 g/mol. The van der Waals surface area contributed by atoms with Gasteiger partial charge >= 0.3 is 0 Å². The van der Waals surface area contributed by atoms with Crippen LogP contribution >= 0.6 is 11.3 Å². The minimum absolute atomic E-state index is 0.0757. The molecule has 0 N–H and O–H groups in total. The molecule has 4 rings (SSSR count). The number of fused-ring (bicyclic) bond motifs is 1. The molecular formula is C18H20N4OS. The van der Waals surface area contributed by atoms with Crippen molar-refractivity contribution in [3.8, 4) is 11.3 Å². The van der Waals surface area contributed by atoms with Gasteiger partial charge in [0.05, 0.1) is 4.70 Å². The summed E-state index contributed by atoms with van der Waals surface area (Å²) in [6.07, 6.45) is 3.26. The first kappa shape index (κ1) is 15.3. The van der Waals surface area contributed by atoms with Crippen molar-refractivity contribution in [2.75, 3.05) is 18.0 Å². The van der Waals surface area contributed by atoms with E-state index >= 15 is 0 Å². The van der Waals surface area contributed by atoms with Gasteiger partial charge in [0.2, 0.25) is 0 Å². The summed E-state index contributed by atoms with van der Waals surface area (Å²) in [4.78, 5) is 19.7. The Morgan fingerprint density at radius 3 is 2.62 bits per heavy atom. The van der Waals surface area contributed by atoms with E-state index in [4.69, 9.17) is 4.98 Å². The van der Waals surface area contributed by atoms with Crippen LogP contribution in [0.4, 0.5) is 5.13 Å². The van der Waals surface area contributed by atoms with Crippen LogP contribution in [0.25, 0.3) is 21.5 Å². The summed E-state index contributed by atoms with van der Waals surface area (Å²) in [5.41, 5.74) is 2.38. The average Bonchev–Trinajstić information content (AvgIpc) is 3.27. The summed E-state index contributed by atoms with van der Waals surface area (Å²) in [6.45, 7) is 4.72. The minimum atomic E-state index is -0.0757. The second-order valence-electron chi connectivity index (χ2n) is 6.11. The first-order valence-electron chi connectivity index (χ1n) is 8.50. The normalized spacial score (nSPS) is 14.6. The monoisotopic (exact) mass is 340 g/mol. The maximum absolute atomic E-state index is 12.8. The SMILES string of the molecule is CCCn1nc(-c2ccccc2)c2sc(N3CCCC3)nc2c1=O. The van der Waals surface area contributed by atoms with Crippen LogP contribution in [-0.2, 0) is 6.54 Å². The minimum Gasteiger partial charge on any atom is -0.348 e. The number of anilines is 1. The molecule has 1 fully saturated rings. The van der Waals surface area contributed by atoms with E-state index in [0.717, 1.165) is 40.6 Å². The molecule has 6 heteroatoms. The van der Waals surface area contributed by atoms with E-state index in [9.17, 15) is 4.79 Å². The van der Waals surface area contributed by atoms with Crippen LogP contribution < -0.4 is 10.5 Å². The summed E-state index contributed by atoms with van der Waals surface area (Å²) in [7, 11) is 0. The lowest BCUT2D eigenvalue weighted by atomic mass is 10.1. The van der Waals surface area contributed by atoms with Crippen molar-refractivity contribution in [2.24, 2.45) is 0 Å². The number of rotatable bonds is 4. The van der Waals surface area contributed by atoms with Gasteiger partial charge in [0, 0.05) is 25.2 Å². The molecule has 3 aromatic rings. The first-order valence-corrected chi connectivity index (χ1v) is 9.31. The molecule has 1 aliphatic heterocycles. The molecule has 5 nitrogen and oxygen atoms in total. The molecule has 0 amide bonds. The molecule has 0 unspecified atom stereocenters. The highest BCUT2D eigenvalue weighted by Gasteiger charge is 2.21. The molecule has 0 atom stereocenters. The van der Waals surface area contributed by atoms with Crippen molar-refractivity contribution in [3.05, 3.63) is 40.7 Å². The molecular weight excluding hydrogens is 320 g/mol. The number of aromatic nitrogens is 3. The number of benzene rings is 1.